The third kappa shape index (κ3) is 3.28. The van der Waals surface area contributed by atoms with Crippen LogP contribution in [0.2, 0.25) is 0 Å². The molecule has 0 aromatic heterocycles. The second kappa shape index (κ2) is 5.64. The molecule has 104 valence electrons. The number of halogens is 1. The lowest BCUT2D eigenvalue weighted by atomic mass is 10.1. The summed E-state index contributed by atoms with van der Waals surface area (Å²) in [6, 6.07) is 3.94. The lowest BCUT2D eigenvalue weighted by Gasteiger charge is -2.14. The number of likely N-dealkylation sites (tertiary alicyclic amines) is 1. The van der Waals surface area contributed by atoms with Gasteiger partial charge in [0, 0.05) is 18.9 Å². The van der Waals surface area contributed by atoms with Crippen LogP contribution in [0.25, 0.3) is 6.08 Å². The number of carboxylic acid groups (broad SMARTS) is 1. The highest BCUT2D eigenvalue weighted by Crippen LogP contribution is 2.18. The zero-order valence-electron chi connectivity index (χ0n) is 10.5. The molecule has 1 saturated heterocycles. The lowest BCUT2D eigenvalue weighted by Crippen LogP contribution is -2.28. The zero-order chi connectivity index (χ0) is 14.7. The number of aliphatic carboxylic acids is 1. The molecule has 1 aromatic rings. The molecule has 1 N–H and O–H groups in total. The van der Waals surface area contributed by atoms with Gasteiger partial charge in [0.25, 0.3) is 0 Å². The Morgan fingerprint density at radius 1 is 1.25 bits per heavy atom. The molecule has 1 aliphatic rings. The van der Waals surface area contributed by atoms with Crippen molar-refractivity contribution in [3.05, 3.63) is 41.2 Å². The SMILES string of the molecule is O=C(O)C=Cc1cc(F)cc(CN2C(=O)CCC2=O)c1. The average molecular weight is 277 g/mol. The van der Waals surface area contributed by atoms with Crippen LogP contribution >= 0.6 is 0 Å². The van der Waals surface area contributed by atoms with Crippen LogP contribution in [0.1, 0.15) is 24.0 Å². The van der Waals surface area contributed by atoms with Gasteiger partial charge in [-0.25, -0.2) is 9.18 Å². The summed E-state index contributed by atoms with van der Waals surface area (Å²) in [6.07, 6.45) is 2.51. The van der Waals surface area contributed by atoms with Crippen molar-refractivity contribution in [1.29, 1.82) is 0 Å². The van der Waals surface area contributed by atoms with Crippen LogP contribution in [0.3, 0.4) is 0 Å². The maximum Gasteiger partial charge on any atom is 0.328 e. The van der Waals surface area contributed by atoms with E-state index in [2.05, 4.69) is 0 Å². The minimum absolute atomic E-state index is 0.00331. The van der Waals surface area contributed by atoms with E-state index in [1.54, 1.807) is 6.07 Å². The Hall–Kier alpha value is -2.50. The van der Waals surface area contributed by atoms with Gasteiger partial charge in [-0.2, -0.15) is 0 Å². The van der Waals surface area contributed by atoms with E-state index in [1.165, 1.54) is 18.2 Å². The summed E-state index contributed by atoms with van der Waals surface area (Å²) >= 11 is 0. The van der Waals surface area contributed by atoms with Gasteiger partial charge in [0.05, 0.1) is 6.54 Å². The highest BCUT2D eigenvalue weighted by atomic mass is 19.1. The van der Waals surface area contributed by atoms with Crippen LogP contribution in [0.4, 0.5) is 4.39 Å². The number of hydrogen-bond acceptors (Lipinski definition) is 3. The first-order valence-corrected chi connectivity index (χ1v) is 5.99. The van der Waals surface area contributed by atoms with Crippen LogP contribution in [0.15, 0.2) is 24.3 Å². The number of carbonyl (C=O) groups excluding carboxylic acids is 2. The van der Waals surface area contributed by atoms with Crippen molar-refractivity contribution in [2.24, 2.45) is 0 Å². The smallest absolute Gasteiger partial charge is 0.328 e. The molecular weight excluding hydrogens is 265 g/mol. The predicted octanol–water partition coefficient (Wildman–Crippen LogP) is 1.57. The molecule has 1 heterocycles. The van der Waals surface area contributed by atoms with Gasteiger partial charge >= 0.3 is 5.97 Å². The van der Waals surface area contributed by atoms with Gasteiger partial charge in [-0.1, -0.05) is 0 Å². The largest absolute Gasteiger partial charge is 0.478 e. The van der Waals surface area contributed by atoms with Crippen LogP contribution in [0.5, 0.6) is 0 Å². The first-order valence-electron chi connectivity index (χ1n) is 5.99. The summed E-state index contributed by atoms with van der Waals surface area (Å²) < 4.78 is 13.5. The third-order valence-corrected chi connectivity index (χ3v) is 2.89. The Kier molecular flexibility index (Phi) is 3.93. The van der Waals surface area contributed by atoms with Crippen molar-refractivity contribution in [2.75, 3.05) is 0 Å². The monoisotopic (exact) mass is 277 g/mol. The van der Waals surface area contributed by atoms with Gasteiger partial charge in [0.2, 0.25) is 11.8 Å². The Morgan fingerprint density at radius 3 is 2.50 bits per heavy atom. The van der Waals surface area contributed by atoms with Crippen molar-refractivity contribution < 1.29 is 23.9 Å². The number of hydrogen-bond donors (Lipinski definition) is 1. The summed E-state index contributed by atoms with van der Waals surface area (Å²) in [6.45, 7) is 0.00331. The van der Waals surface area contributed by atoms with Gasteiger partial charge in [0.15, 0.2) is 0 Å². The van der Waals surface area contributed by atoms with Crippen molar-refractivity contribution >= 4 is 23.9 Å². The number of carboxylic acids is 1. The van der Waals surface area contributed by atoms with E-state index in [0.717, 1.165) is 11.0 Å². The molecule has 0 atom stereocenters. The molecule has 20 heavy (non-hydrogen) atoms. The van der Waals surface area contributed by atoms with E-state index in [4.69, 9.17) is 5.11 Å². The number of imide groups is 1. The second-order valence-corrected chi connectivity index (χ2v) is 4.44. The molecule has 0 unspecified atom stereocenters. The Morgan fingerprint density at radius 2 is 1.90 bits per heavy atom. The summed E-state index contributed by atoms with van der Waals surface area (Å²) in [5, 5.41) is 8.53. The molecule has 2 amide bonds. The normalized spacial score (nSPS) is 15.3. The average Bonchev–Trinajstić information content (AvgIpc) is 2.68. The fraction of sp³-hybridized carbons (Fsp3) is 0.214. The molecule has 0 aliphatic carbocycles. The maximum absolute atomic E-state index is 13.5. The number of rotatable bonds is 4. The minimum Gasteiger partial charge on any atom is -0.478 e. The standard InChI is InChI=1S/C14H12FNO4/c15-11-6-9(1-4-14(19)20)5-10(7-11)8-16-12(17)2-3-13(16)18/h1,4-7H,2-3,8H2,(H,19,20). The predicted molar refractivity (Wildman–Crippen MR) is 67.9 cm³/mol. The first kappa shape index (κ1) is 13.9. The fourth-order valence-electron chi connectivity index (χ4n) is 2.01. The van der Waals surface area contributed by atoms with E-state index < -0.39 is 11.8 Å². The molecule has 0 saturated carbocycles. The van der Waals surface area contributed by atoms with Crippen molar-refractivity contribution in [2.45, 2.75) is 19.4 Å². The van der Waals surface area contributed by atoms with E-state index in [9.17, 15) is 18.8 Å². The van der Waals surface area contributed by atoms with E-state index in [-0.39, 0.29) is 31.2 Å². The third-order valence-electron chi connectivity index (χ3n) is 2.89. The maximum atomic E-state index is 13.5. The molecule has 2 rings (SSSR count). The van der Waals surface area contributed by atoms with Crippen molar-refractivity contribution in [1.82, 2.24) is 4.90 Å². The van der Waals surface area contributed by atoms with Crippen LogP contribution < -0.4 is 0 Å². The lowest BCUT2D eigenvalue weighted by molar-refractivity contribution is -0.139. The minimum atomic E-state index is -1.14. The van der Waals surface area contributed by atoms with Gasteiger partial charge in [-0.3, -0.25) is 14.5 Å². The Bertz CT molecular complexity index is 593. The molecule has 0 radical (unpaired) electrons. The Labute approximate surface area is 114 Å². The summed E-state index contributed by atoms with van der Waals surface area (Å²) in [5.74, 6) is -2.24. The molecule has 1 fully saturated rings. The molecular formula is C14H12FNO4. The Balaban J connectivity index is 2.22. The number of nitrogens with zero attached hydrogens (tertiary/aromatic N) is 1. The number of amides is 2. The number of benzene rings is 1. The van der Waals surface area contributed by atoms with Gasteiger partial charge in [-0.05, 0) is 35.4 Å². The molecule has 0 bridgehead atoms. The topological polar surface area (TPSA) is 74.7 Å². The molecule has 1 aliphatic heterocycles. The second-order valence-electron chi connectivity index (χ2n) is 4.44. The van der Waals surface area contributed by atoms with E-state index in [1.807, 2.05) is 0 Å². The van der Waals surface area contributed by atoms with Crippen LogP contribution in [0, 0.1) is 5.82 Å². The quantitative estimate of drug-likeness (QED) is 0.669. The number of carbonyl (C=O) groups is 3. The van der Waals surface area contributed by atoms with Crippen LogP contribution in [-0.4, -0.2) is 27.8 Å². The van der Waals surface area contributed by atoms with E-state index in [0.29, 0.717) is 11.1 Å². The van der Waals surface area contributed by atoms with Gasteiger partial charge in [-0.15, -0.1) is 0 Å². The van der Waals surface area contributed by atoms with Crippen LogP contribution in [-0.2, 0) is 20.9 Å². The summed E-state index contributed by atoms with van der Waals surface area (Å²) in [4.78, 5) is 34.5. The highest BCUT2D eigenvalue weighted by Gasteiger charge is 2.28. The van der Waals surface area contributed by atoms with Gasteiger partial charge in [0.1, 0.15) is 5.82 Å². The molecule has 1 aromatic carbocycles. The molecule has 6 heteroatoms. The first-order chi connectivity index (χ1) is 9.45. The van der Waals surface area contributed by atoms with E-state index >= 15 is 0 Å². The zero-order valence-corrected chi connectivity index (χ0v) is 10.5. The highest BCUT2D eigenvalue weighted by molar-refractivity contribution is 6.01. The fourth-order valence-corrected chi connectivity index (χ4v) is 2.01. The van der Waals surface area contributed by atoms with Gasteiger partial charge < -0.3 is 5.11 Å². The van der Waals surface area contributed by atoms with Crippen molar-refractivity contribution in [3.63, 3.8) is 0 Å². The van der Waals surface area contributed by atoms with Crippen molar-refractivity contribution in [3.8, 4) is 0 Å². The summed E-state index contributed by atoms with van der Waals surface area (Å²) in [7, 11) is 0. The molecule has 0 spiro atoms. The molecule has 5 nitrogen and oxygen atoms in total. The summed E-state index contributed by atoms with van der Waals surface area (Å²) in [5.41, 5.74) is 0.806.